The van der Waals surface area contributed by atoms with Crippen LogP contribution >= 0.6 is 0 Å². The molecule has 0 radical (unpaired) electrons. The van der Waals surface area contributed by atoms with Gasteiger partial charge in [0, 0.05) is 6.04 Å². The zero-order valence-electron chi connectivity index (χ0n) is 11.0. The number of hydrogen-bond donors (Lipinski definition) is 2. The van der Waals surface area contributed by atoms with E-state index in [1.165, 1.54) is 19.3 Å². The SMILES string of the molecule is C[C@@H]1CC(C)(C)C[C@@H]1NC[C@@H]1CC[C@H](O)C1. The summed E-state index contributed by atoms with van der Waals surface area (Å²) < 4.78 is 0. The number of aliphatic hydroxyl groups is 1. The lowest BCUT2D eigenvalue weighted by Crippen LogP contribution is -2.35. The Morgan fingerprint density at radius 2 is 2.00 bits per heavy atom. The van der Waals surface area contributed by atoms with Crippen molar-refractivity contribution >= 4 is 0 Å². The number of hydrogen-bond acceptors (Lipinski definition) is 2. The molecule has 2 fully saturated rings. The Hall–Kier alpha value is -0.0800. The number of nitrogens with one attached hydrogen (secondary N) is 1. The third-order valence-corrected chi connectivity index (χ3v) is 4.52. The summed E-state index contributed by atoms with van der Waals surface area (Å²) in [6, 6.07) is 0.702. The van der Waals surface area contributed by atoms with Crippen molar-refractivity contribution in [2.75, 3.05) is 6.54 Å². The van der Waals surface area contributed by atoms with E-state index < -0.39 is 0 Å². The van der Waals surface area contributed by atoms with Gasteiger partial charge in [-0.1, -0.05) is 20.8 Å². The second kappa shape index (κ2) is 4.66. The quantitative estimate of drug-likeness (QED) is 0.773. The standard InChI is InChI=1S/C14H27NO/c1-10-7-14(2,3)8-13(10)15-9-11-4-5-12(16)6-11/h10-13,15-16H,4-9H2,1-3H3/t10-,11-,12+,13+/m1/s1. The first-order valence-corrected chi connectivity index (χ1v) is 6.88. The van der Waals surface area contributed by atoms with E-state index in [-0.39, 0.29) is 6.10 Å². The molecule has 0 aromatic rings. The first-order chi connectivity index (χ1) is 7.46. The van der Waals surface area contributed by atoms with Gasteiger partial charge in [0.25, 0.3) is 0 Å². The van der Waals surface area contributed by atoms with E-state index in [1.807, 2.05) is 0 Å². The fraction of sp³-hybridized carbons (Fsp3) is 1.00. The van der Waals surface area contributed by atoms with Crippen LogP contribution in [-0.2, 0) is 0 Å². The normalized spacial score (nSPS) is 42.8. The largest absolute Gasteiger partial charge is 0.393 e. The lowest BCUT2D eigenvalue weighted by Gasteiger charge is -2.20. The molecule has 2 N–H and O–H groups in total. The van der Waals surface area contributed by atoms with Crippen molar-refractivity contribution in [1.82, 2.24) is 5.32 Å². The van der Waals surface area contributed by atoms with Crippen molar-refractivity contribution in [2.45, 2.75) is 65.0 Å². The van der Waals surface area contributed by atoms with E-state index >= 15 is 0 Å². The van der Waals surface area contributed by atoms with Gasteiger partial charge in [-0.3, -0.25) is 0 Å². The van der Waals surface area contributed by atoms with Gasteiger partial charge >= 0.3 is 0 Å². The van der Waals surface area contributed by atoms with Crippen molar-refractivity contribution in [2.24, 2.45) is 17.3 Å². The van der Waals surface area contributed by atoms with Crippen molar-refractivity contribution < 1.29 is 5.11 Å². The zero-order valence-corrected chi connectivity index (χ0v) is 11.0. The highest BCUT2D eigenvalue weighted by atomic mass is 16.3. The molecule has 0 unspecified atom stereocenters. The van der Waals surface area contributed by atoms with E-state index in [2.05, 4.69) is 26.1 Å². The van der Waals surface area contributed by atoms with Gasteiger partial charge < -0.3 is 10.4 Å². The third kappa shape index (κ3) is 2.98. The van der Waals surface area contributed by atoms with Crippen LogP contribution in [0.25, 0.3) is 0 Å². The predicted molar refractivity (Wildman–Crippen MR) is 67.3 cm³/mol. The molecule has 4 atom stereocenters. The van der Waals surface area contributed by atoms with Crippen LogP contribution in [-0.4, -0.2) is 23.8 Å². The first kappa shape index (κ1) is 12.4. The van der Waals surface area contributed by atoms with E-state index in [0.29, 0.717) is 17.4 Å². The van der Waals surface area contributed by atoms with Gasteiger partial charge in [0.1, 0.15) is 0 Å². The zero-order chi connectivity index (χ0) is 11.8. The highest BCUT2D eigenvalue weighted by molar-refractivity contribution is 4.91. The van der Waals surface area contributed by atoms with Gasteiger partial charge in [-0.2, -0.15) is 0 Å². The molecule has 0 aromatic heterocycles. The van der Waals surface area contributed by atoms with Gasteiger partial charge in [0.15, 0.2) is 0 Å². The van der Waals surface area contributed by atoms with E-state index in [9.17, 15) is 5.11 Å². The summed E-state index contributed by atoms with van der Waals surface area (Å²) in [5.74, 6) is 1.52. The number of aliphatic hydroxyl groups excluding tert-OH is 1. The minimum atomic E-state index is -0.0238. The van der Waals surface area contributed by atoms with Crippen LogP contribution in [0.1, 0.15) is 52.9 Å². The molecule has 0 saturated heterocycles. The van der Waals surface area contributed by atoms with Gasteiger partial charge in [0.2, 0.25) is 0 Å². The topological polar surface area (TPSA) is 32.3 Å². The Labute approximate surface area is 99.8 Å². The minimum Gasteiger partial charge on any atom is -0.393 e. The van der Waals surface area contributed by atoms with Crippen LogP contribution in [0.2, 0.25) is 0 Å². The molecule has 0 bridgehead atoms. The fourth-order valence-corrected chi connectivity index (χ4v) is 3.72. The molecular weight excluding hydrogens is 198 g/mol. The molecular formula is C14H27NO. The smallest absolute Gasteiger partial charge is 0.0543 e. The second-order valence-corrected chi connectivity index (χ2v) is 6.90. The minimum absolute atomic E-state index is 0.0238. The Morgan fingerprint density at radius 1 is 1.25 bits per heavy atom. The van der Waals surface area contributed by atoms with Gasteiger partial charge in [-0.05, 0) is 55.9 Å². The Balaban J connectivity index is 1.74. The second-order valence-electron chi connectivity index (χ2n) is 6.90. The molecule has 2 rings (SSSR count). The lowest BCUT2D eigenvalue weighted by atomic mass is 9.91. The molecule has 16 heavy (non-hydrogen) atoms. The third-order valence-electron chi connectivity index (χ3n) is 4.52. The number of rotatable bonds is 3. The molecule has 2 heteroatoms. The summed E-state index contributed by atoms with van der Waals surface area (Å²) in [5.41, 5.74) is 0.520. The molecule has 0 amide bonds. The van der Waals surface area contributed by atoms with E-state index in [0.717, 1.165) is 25.3 Å². The summed E-state index contributed by atoms with van der Waals surface area (Å²) >= 11 is 0. The van der Waals surface area contributed by atoms with Crippen LogP contribution in [0, 0.1) is 17.3 Å². The first-order valence-electron chi connectivity index (χ1n) is 6.88. The summed E-state index contributed by atoms with van der Waals surface area (Å²) in [5, 5.41) is 13.2. The van der Waals surface area contributed by atoms with Crippen LogP contribution in [0.4, 0.5) is 0 Å². The Kier molecular flexibility index (Phi) is 3.60. The average molecular weight is 225 g/mol. The van der Waals surface area contributed by atoms with Crippen LogP contribution in [0.15, 0.2) is 0 Å². The lowest BCUT2D eigenvalue weighted by molar-refractivity contribution is 0.176. The van der Waals surface area contributed by atoms with Crippen molar-refractivity contribution in [3.63, 3.8) is 0 Å². The monoisotopic (exact) mass is 225 g/mol. The highest BCUT2D eigenvalue weighted by Crippen LogP contribution is 2.41. The molecule has 0 aromatic carbocycles. The molecule has 2 aliphatic rings. The highest BCUT2D eigenvalue weighted by Gasteiger charge is 2.36. The van der Waals surface area contributed by atoms with Gasteiger partial charge in [0.05, 0.1) is 6.10 Å². The van der Waals surface area contributed by atoms with Gasteiger partial charge in [-0.15, -0.1) is 0 Å². The summed E-state index contributed by atoms with van der Waals surface area (Å²) in [6.07, 6.45) is 5.86. The maximum Gasteiger partial charge on any atom is 0.0543 e. The van der Waals surface area contributed by atoms with Crippen molar-refractivity contribution in [1.29, 1.82) is 0 Å². The van der Waals surface area contributed by atoms with Crippen LogP contribution in [0.5, 0.6) is 0 Å². The Morgan fingerprint density at radius 3 is 2.50 bits per heavy atom. The van der Waals surface area contributed by atoms with Crippen molar-refractivity contribution in [3.05, 3.63) is 0 Å². The molecule has 0 aliphatic heterocycles. The van der Waals surface area contributed by atoms with E-state index in [1.54, 1.807) is 0 Å². The maximum atomic E-state index is 9.50. The molecule has 2 saturated carbocycles. The Bertz CT molecular complexity index is 239. The molecule has 94 valence electrons. The fourth-order valence-electron chi connectivity index (χ4n) is 3.72. The average Bonchev–Trinajstić information content (AvgIpc) is 2.67. The predicted octanol–water partition coefficient (Wildman–Crippen LogP) is 2.56. The van der Waals surface area contributed by atoms with E-state index in [4.69, 9.17) is 0 Å². The van der Waals surface area contributed by atoms with Crippen LogP contribution < -0.4 is 5.32 Å². The molecule has 2 nitrogen and oxygen atoms in total. The summed E-state index contributed by atoms with van der Waals surface area (Å²) in [4.78, 5) is 0. The summed E-state index contributed by atoms with van der Waals surface area (Å²) in [7, 11) is 0. The van der Waals surface area contributed by atoms with Gasteiger partial charge in [-0.25, -0.2) is 0 Å². The molecule has 2 aliphatic carbocycles. The summed E-state index contributed by atoms with van der Waals surface area (Å²) in [6.45, 7) is 8.24. The molecule has 0 spiro atoms. The van der Waals surface area contributed by atoms with Crippen molar-refractivity contribution in [3.8, 4) is 0 Å². The molecule has 0 heterocycles. The van der Waals surface area contributed by atoms with Crippen LogP contribution in [0.3, 0.4) is 0 Å². The maximum absolute atomic E-state index is 9.50.